The fraction of sp³-hybridized carbons (Fsp3) is 0.909. The quantitative estimate of drug-likeness (QED) is 0.742. The van der Waals surface area contributed by atoms with Gasteiger partial charge in [0.15, 0.2) is 0 Å². The molecule has 15 heavy (non-hydrogen) atoms. The van der Waals surface area contributed by atoms with Gasteiger partial charge in [-0.25, -0.2) is 4.79 Å². The molecule has 88 valence electrons. The second-order valence-corrected chi connectivity index (χ2v) is 4.19. The molecule has 2 amide bonds. The summed E-state index contributed by atoms with van der Waals surface area (Å²) in [6, 6.07) is 0.190. The van der Waals surface area contributed by atoms with Crippen molar-refractivity contribution in [3.8, 4) is 0 Å². The minimum Gasteiger partial charge on any atom is -0.334 e. The average molecular weight is 213 g/mol. The van der Waals surface area contributed by atoms with Gasteiger partial charge < -0.3 is 16.0 Å². The summed E-state index contributed by atoms with van der Waals surface area (Å²) < 4.78 is 0. The molecule has 3 N–H and O–H groups in total. The van der Waals surface area contributed by atoms with Crippen LogP contribution in [0.25, 0.3) is 0 Å². The van der Waals surface area contributed by atoms with Crippen LogP contribution in [0.5, 0.6) is 0 Å². The van der Waals surface area contributed by atoms with Crippen LogP contribution in [0.4, 0.5) is 4.79 Å². The maximum Gasteiger partial charge on any atom is 0.317 e. The fourth-order valence-corrected chi connectivity index (χ4v) is 1.87. The summed E-state index contributed by atoms with van der Waals surface area (Å²) in [5.74, 6) is 0. The van der Waals surface area contributed by atoms with Crippen LogP contribution >= 0.6 is 0 Å². The minimum atomic E-state index is 0.0641. The average Bonchev–Trinajstić information content (AvgIpc) is 2.54. The highest BCUT2D eigenvalue weighted by atomic mass is 16.2. The molecule has 1 fully saturated rings. The number of rotatable bonds is 3. The van der Waals surface area contributed by atoms with Crippen molar-refractivity contribution in [2.24, 2.45) is 5.73 Å². The molecule has 1 rings (SSSR count). The molecule has 0 bridgehead atoms. The molecular weight excluding hydrogens is 190 g/mol. The predicted octanol–water partition coefficient (Wildman–Crippen LogP) is 1.31. The van der Waals surface area contributed by atoms with Gasteiger partial charge in [-0.3, -0.25) is 0 Å². The van der Waals surface area contributed by atoms with E-state index >= 15 is 0 Å². The van der Waals surface area contributed by atoms with Crippen LogP contribution in [0, 0.1) is 0 Å². The van der Waals surface area contributed by atoms with Gasteiger partial charge in [-0.05, 0) is 19.3 Å². The van der Waals surface area contributed by atoms with Crippen LogP contribution in [0.2, 0.25) is 0 Å². The first-order chi connectivity index (χ1) is 7.27. The Morgan fingerprint density at radius 2 is 1.93 bits per heavy atom. The molecule has 1 saturated heterocycles. The number of nitrogens with two attached hydrogens (primary N) is 1. The van der Waals surface area contributed by atoms with Crippen molar-refractivity contribution < 1.29 is 4.79 Å². The summed E-state index contributed by atoms with van der Waals surface area (Å²) in [5.41, 5.74) is 5.56. The van der Waals surface area contributed by atoms with Crippen LogP contribution in [-0.2, 0) is 0 Å². The van der Waals surface area contributed by atoms with Crippen LogP contribution in [0.3, 0.4) is 0 Å². The molecule has 0 spiro atoms. The number of urea groups is 1. The van der Waals surface area contributed by atoms with Gasteiger partial charge in [0, 0.05) is 25.7 Å². The zero-order valence-corrected chi connectivity index (χ0v) is 9.67. The Kier molecular flexibility index (Phi) is 5.47. The SMILES string of the molecule is CCC(CN)NC(=O)N1CCCCCC1. The lowest BCUT2D eigenvalue weighted by molar-refractivity contribution is 0.195. The Balaban J connectivity index is 2.36. The zero-order chi connectivity index (χ0) is 11.1. The number of carbonyl (C=O) groups excluding carboxylic acids is 1. The molecule has 0 aromatic rings. The van der Waals surface area contributed by atoms with Crippen molar-refractivity contribution in [3.63, 3.8) is 0 Å². The molecule has 1 heterocycles. The summed E-state index contributed by atoms with van der Waals surface area (Å²) in [7, 11) is 0. The van der Waals surface area contributed by atoms with Gasteiger partial charge in [0.25, 0.3) is 0 Å². The van der Waals surface area contributed by atoms with Crippen LogP contribution in [-0.4, -0.2) is 36.6 Å². The lowest BCUT2D eigenvalue weighted by Gasteiger charge is -2.24. The van der Waals surface area contributed by atoms with E-state index in [0.717, 1.165) is 32.4 Å². The Hall–Kier alpha value is -0.770. The maximum atomic E-state index is 11.8. The van der Waals surface area contributed by atoms with Crippen molar-refractivity contribution in [2.75, 3.05) is 19.6 Å². The van der Waals surface area contributed by atoms with Gasteiger partial charge in [0.2, 0.25) is 0 Å². The van der Waals surface area contributed by atoms with Crippen molar-refractivity contribution in [3.05, 3.63) is 0 Å². The number of carbonyl (C=O) groups is 1. The Bertz CT molecular complexity index is 184. The molecule has 0 saturated carbocycles. The van der Waals surface area contributed by atoms with Crippen molar-refractivity contribution >= 4 is 6.03 Å². The molecule has 1 unspecified atom stereocenters. The highest BCUT2D eigenvalue weighted by Crippen LogP contribution is 2.09. The predicted molar refractivity (Wildman–Crippen MR) is 61.7 cm³/mol. The lowest BCUT2D eigenvalue weighted by atomic mass is 10.2. The molecule has 4 nitrogen and oxygen atoms in total. The first-order valence-corrected chi connectivity index (χ1v) is 6.03. The Labute approximate surface area is 92.2 Å². The fourth-order valence-electron chi connectivity index (χ4n) is 1.87. The molecule has 1 atom stereocenters. The van der Waals surface area contributed by atoms with E-state index < -0.39 is 0 Å². The second kappa shape index (κ2) is 6.67. The molecule has 0 aliphatic carbocycles. The monoisotopic (exact) mass is 213 g/mol. The molecule has 4 heteroatoms. The van der Waals surface area contributed by atoms with Crippen LogP contribution in [0.1, 0.15) is 39.0 Å². The van der Waals surface area contributed by atoms with E-state index in [0.29, 0.717) is 6.54 Å². The third-order valence-electron chi connectivity index (χ3n) is 3.00. The van der Waals surface area contributed by atoms with E-state index in [1.54, 1.807) is 0 Å². The van der Waals surface area contributed by atoms with Gasteiger partial charge in [-0.1, -0.05) is 19.8 Å². The van der Waals surface area contributed by atoms with E-state index in [1.807, 2.05) is 11.8 Å². The van der Waals surface area contributed by atoms with Crippen molar-refractivity contribution in [1.29, 1.82) is 0 Å². The molecule has 1 aliphatic rings. The first kappa shape index (κ1) is 12.3. The van der Waals surface area contributed by atoms with E-state index in [1.165, 1.54) is 12.8 Å². The Morgan fingerprint density at radius 3 is 2.40 bits per heavy atom. The normalized spacial score (nSPS) is 19.5. The highest BCUT2D eigenvalue weighted by Gasteiger charge is 2.17. The van der Waals surface area contributed by atoms with E-state index in [4.69, 9.17) is 5.73 Å². The van der Waals surface area contributed by atoms with Gasteiger partial charge >= 0.3 is 6.03 Å². The first-order valence-electron chi connectivity index (χ1n) is 6.03. The number of hydrogen-bond donors (Lipinski definition) is 2. The van der Waals surface area contributed by atoms with Crippen molar-refractivity contribution in [1.82, 2.24) is 10.2 Å². The number of likely N-dealkylation sites (tertiary alicyclic amines) is 1. The molecular formula is C11H23N3O. The smallest absolute Gasteiger partial charge is 0.317 e. The molecule has 0 radical (unpaired) electrons. The molecule has 0 aromatic heterocycles. The lowest BCUT2D eigenvalue weighted by Crippen LogP contribution is -2.47. The van der Waals surface area contributed by atoms with Gasteiger partial charge in [-0.2, -0.15) is 0 Å². The number of hydrogen-bond acceptors (Lipinski definition) is 2. The zero-order valence-electron chi connectivity index (χ0n) is 9.67. The summed E-state index contributed by atoms with van der Waals surface area (Å²) in [4.78, 5) is 13.8. The van der Waals surface area contributed by atoms with Crippen molar-refractivity contribution in [2.45, 2.75) is 45.1 Å². The third-order valence-corrected chi connectivity index (χ3v) is 3.00. The number of amides is 2. The number of nitrogens with one attached hydrogen (secondary N) is 1. The molecule has 0 aromatic carbocycles. The Morgan fingerprint density at radius 1 is 1.33 bits per heavy atom. The third kappa shape index (κ3) is 4.08. The van der Waals surface area contributed by atoms with E-state index in [2.05, 4.69) is 5.32 Å². The largest absolute Gasteiger partial charge is 0.334 e. The second-order valence-electron chi connectivity index (χ2n) is 4.19. The summed E-state index contributed by atoms with van der Waals surface area (Å²) in [6.07, 6.45) is 5.66. The van der Waals surface area contributed by atoms with Crippen LogP contribution in [0.15, 0.2) is 0 Å². The minimum absolute atomic E-state index is 0.0641. The molecule has 1 aliphatic heterocycles. The van der Waals surface area contributed by atoms with E-state index in [9.17, 15) is 4.79 Å². The topological polar surface area (TPSA) is 58.4 Å². The summed E-state index contributed by atoms with van der Waals surface area (Å²) in [6.45, 7) is 4.36. The standard InChI is InChI=1S/C11H23N3O/c1-2-10(9-12)13-11(15)14-7-5-3-4-6-8-14/h10H,2-9,12H2,1H3,(H,13,15). The van der Waals surface area contributed by atoms with Gasteiger partial charge in [0.05, 0.1) is 0 Å². The highest BCUT2D eigenvalue weighted by molar-refractivity contribution is 5.74. The van der Waals surface area contributed by atoms with Crippen LogP contribution < -0.4 is 11.1 Å². The van der Waals surface area contributed by atoms with Gasteiger partial charge in [0.1, 0.15) is 0 Å². The van der Waals surface area contributed by atoms with Gasteiger partial charge in [-0.15, -0.1) is 0 Å². The van der Waals surface area contributed by atoms with E-state index in [-0.39, 0.29) is 12.1 Å². The maximum absolute atomic E-state index is 11.8. The summed E-state index contributed by atoms with van der Waals surface area (Å²) in [5, 5.41) is 2.98. The number of nitrogens with zero attached hydrogens (tertiary/aromatic N) is 1. The summed E-state index contributed by atoms with van der Waals surface area (Å²) >= 11 is 0.